The van der Waals surface area contributed by atoms with Crippen LogP contribution in [0.25, 0.3) is 0 Å². The van der Waals surface area contributed by atoms with Gasteiger partial charge in [0.2, 0.25) is 0 Å². The van der Waals surface area contributed by atoms with Crippen LogP contribution in [0.2, 0.25) is 0 Å². The Kier molecular flexibility index (Phi) is 7.99. The van der Waals surface area contributed by atoms with Gasteiger partial charge < -0.3 is 4.74 Å². The standard InChI is InChI=1S/C14H28O/c1-14-12-10-8-6-4-2-3-5-7-9-11-13-15-14/h14H,2-13H2,1H3. The van der Waals surface area contributed by atoms with Gasteiger partial charge in [0.1, 0.15) is 0 Å². The van der Waals surface area contributed by atoms with Gasteiger partial charge >= 0.3 is 0 Å². The molecule has 1 rings (SSSR count). The molecule has 1 aliphatic heterocycles. The Labute approximate surface area is 95.6 Å². The molecule has 1 fully saturated rings. The second-order valence-corrected chi connectivity index (χ2v) is 5.01. The van der Waals surface area contributed by atoms with E-state index >= 15 is 0 Å². The number of hydrogen-bond acceptors (Lipinski definition) is 1. The first kappa shape index (κ1) is 13.0. The summed E-state index contributed by atoms with van der Waals surface area (Å²) in [6.07, 6.45) is 15.8. The summed E-state index contributed by atoms with van der Waals surface area (Å²) in [6.45, 7) is 3.22. The van der Waals surface area contributed by atoms with E-state index in [4.69, 9.17) is 4.74 Å². The molecule has 90 valence electrons. The van der Waals surface area contributed by atoms with Crippen LogP contribution >= 0.6 is 0 Å². The normalized spacial score (nSPS) is 28.2. The number of hydrogen-bond donors (Lipinski definition) is 0. The minimum atomic E-state index is 0.493. The molecule has 0 N–H and O–H groups in total. The lowest BCUT2D eigenvalue weighted by atomic mass is 10.0. The van der Waals surface area contributed by atoms with E-state index in [0.29, 0.717) is 6.10 Å². The summed E-state index contributed by atoms with van der Waals surface area (Å²) < 4.78 is 5.79. The predicted octanol–water partition coefficient (Wildman–Crippen LogP) is 4.70. The van der Waals surface area contributed by atoms with E-state index in [2.05, 4.69) is 6.92 Å². The van der Waals surface area contributed by atoms with Crippen LogP contribution in [0.5, 0.6) is 0 Å². The van der Waals surface area contributed by atoms with E-state index in [9.17, 15) is 0 Å². The summed E-state index contributed by atoms with van der Waals surface area (Å²) in [5.41, 5.74) is 0. The quantitative estimate of drug-likeness (QED) is 0.565. The molecule has 0 bridgehead atoms. The molecule has 0 aromatic heterocycles. The highest BCUT2D eigenvalue weighted by molar-refractivity contribution is 4.54. The molecule has 0 aromatic rings. The molecule has 0 radical (unpaired) electrons. The van der Waals surface area contributed by atoms with Gasteiger partial charge in [0.05, 0.1) is 6.10 Å². The maximum absolute atomic E-state index is 5.79. The Morgan fingerprint density at radius 1 is 0.667 bits per heavy atom. The zero-order chi connectivity index (χ0) is 10.8. The Hall–Kier alpha value is -0.0400. The first-order valence-electron chi connectivity index (χ1n) is 7.01. The van der Waals surface area contributed by atoms with Crippen molar-refractivity contribution in [2.24, 2.45) is 0 Å². The topological polar surface area (TPSA) is 9.23 Å². The van der Waals surface area contributed by atoms with Gasteiger partial charge in [-0.2, -0.15) is 0 Å². The fraction of sp³-hybridized carbons (Fsp3) is 1.00. The molecule has 0 amide bonds. The van der Waals surface area contributed by atoms with Crippen molar-refractivity contribution in [1.29, 1.82) is 0 Å². The van der Waals surface area contributed by atoms with Crippen LogP contribution in [0.3, 0.4) is 0 Å². The van der Waals surface area contributed by atoms with Gasteiger partial charge in [-0.05, 0) is 19.8 Å². The lowest BCUT2D eigenvalue weighted by Gasteiger charge is -2.13. The lowest BCUT2D eigenvalue weighted by molar-refractivity contribution is 0.0555. The van der Waals surface area contributed by atoms with Gasteiger partial charge in [0, 0.05) is 6.61 Å². The minimum absolute atomic E-state index is 0.493. The van der Waals surface area contributed by atoms with Gasteiger partial charge in [-0.3, -0.25) is 0 Å². The van der Waals surface area contributed by atoms with Gasteiger partial charge in [0.15, 0.2) is 0 Å². The molecule has 0 aliphatic carbocycles. The van der Waals surface area contributed by atoms with Crippen LogP contribution in [0.4, 0.5) is 0 Å². The van der Waals surface area contributed by atoms with Crippen LogP contribution in [0.1, 0.15) is 77.6 Å². The summed E-state index contributed by atoms with van der Waals surface area (Å²) in [5, 5.41) is 0. The molecule has 15 heavy (non-hydrogen) atoms. The highest BCUT2D eigenvalue weighted by atomic mass is 16.5. The van der Waals surface area contributed by atoms with Crippen LogP contribution in [0, 0.1) is 0 Å². The van der Waals surface area contributed by atoms with Crippen molar-refractivity contribution < 1.29 is 4.74 Å². The summed E-state index contributed by atoms with van der Waals surface area (Å²) >= 11 is 0. The van der Waals surface area contributed by atoms with Crippen LogP contribution in [0.15, 0.2) is 0 Å². The van der Waals surface area contributed by atoms with E-state index in [1.54, 1.807) is 0 Å². The summed E-state index contributed by atoms with van der Waals surface area (Å²) in [6, 6.07) is 0. The first-order chi connectivity index (χ1) is 7.39. The highest BCUT2D eigenvalue weighted by Gasteiger charge is 2.02. The van der Waals surface area contributed by atoms with Gasteiger partial charge in [-0.25, -0.2) is 0 Å². The zero-order valence-electron chi connectivity index (χ0n) is 10.5. The minimum Gasteiger partial charge on any atom is -0.379 e. The average molecular weight is 212 g/mol. The molecule has 1 aliphatic rings. The third-order valence-corrected chi connectivity index (χ3v) is 3.41. The molecule has 1 heteroatoms. The van der Waals surface area contributed by atoms with Crippen LogP contribution < -0.4 is 0 Å². The molecular formula is C14H28O. The maximum Gasteiger partial charge on any atom is 0.0547 e. The van der Waals surface area contributed by atoms with Crippen molar-refractivity contribution in [2.75, 3.05) is 6.61 Å². The van der Waals surface area contributed by atoms with Crippen LogP contribution in [-0.4, -0.2) is 12.7 Å². The van der Waals surface area contributed by atoms with Crippen molar-refractivity contribution >= 4 is 0 Å². The summed E-state index contributed by atoms with van der Waals surface area (Å²) in [7, 11) is 0. The lowest BCUT2D eigenvalue weighted by Crippen LogP contribution is -2.09. The Bertz CT molecular complexity index is 119. The molecule has 0 aromatic carbocycles. The number of ether oxygens (including phenoxy) is 1. The molecular weight excluding hydrogens is 184 g/mol. The fourth-order valence-corrected chi connectivity index (χ4v) is 2.32. The molecule has 1 atom stereocenters. The first-order valence-corrected chi connectivity index (χ1v) is 7.01. The van der Waals surface area contributed by atoms with Crippen molar-refractivity contribution in [3.8, 4) is 0 Å². The molecule has 1 heterocycles. The van der Waals surface area contributed by atoms with Gasteiger partial charge in [-0.1, -0.05) is 57.8 Å². The Morgan fingerprint density at radius 2 is 1.13 bits per heavy atom. The average Bonchev–Trinajstić information content (AvgIpc) is 2.24. The maximum atomic E-state index is 5.79. The molecule has 1 nitrogen and oxygen atoms in total. The summed E-state index contributed by atoms with van der Waals surface area (Å²) in [4.78, 5) is 0. The fourth-order valence-electron chi connectivity index (χ4n) is 2.32. The van der Waals surface area contributed by atoms with E-state index in [1.807, 2.05) is 0 Å². The third kappa shape index (κ3) is 7.84. The van der Waals surface area contributed by atoms with Crippen LogP contribution in [-0.2, 0) is 4.74 Å². The summed E-state index contributed by atoms with van der Waals surface area (Å²) in [5.74, 6) is 0. The zero-order valence-corrected chi connectivity index (χ0v) is 10.5. The SMILES string of the molecule is CC1CCCCCCCCCCCCO1. The molecule has 1 saturated heterocycles. The predicted molar refractivity (Wildman–Crippen MR) is 66.2 cm³/mol. The molecule has 0 spiro atoms. The van der Waals surface area contributed by atoms with Gasteiger partial charge in [0.25, 0.3) is 0 Å². The molecule has 0 saturated carbocycles. The third-order valence-electron chi connectivity index (χ3n) is 3.41. The van der Waals surface area contributed by atoms with Gasteiger partial charge in [-0.15, -0.1) is 0 Å². The van der Waals surface area contributed by atoms with Crippen molar-refractivity contribution in [3.63, 3.8) is 0 Å². The largest absolute Gasteiger partial charge is 0.379 e. The van der Waals surface area contributed by atoms with E-state index in [-0.39, 0.29) is 0 Å². The Morgan fingerprint density at radius 3 is 1.73 bits per heavy atom. The monoisotopic (exact) mass is 212 g/mol. The second kappa shape index (κ2) is 9.21. The molecule has 1 unspecified atom stereocenters. The smallest absolute Gasteiger partial charge is 0.0547 e. The van der Waals surface area contributed by atoms with E-state index < -0.39 is 0 Å². The Balaban J connectivity index is 2.10. The van der Waals surface area contributed by atoms with E-state index in [1.165, 1.54) is 70.6 Å². The highest BCUT2D eigenvalue weighted by Crippen LogP contribution is 2.14. The second-order valence-electron chi connectivity index (χ2n) is 5.01. The van der Waals surface area contributed by atoms with Crippen molar-refractivity contribution in [1.82, 2.24) is 0 Å². The van der Waals surface area contributed by atoms with E-state index in [0.717, 1.165) is 6.61 Å². The van der Waals surface area contributed by atoms with Crippen molar-refractivity contribution in [3.05, 3.63) is 0 Å². The number of rotatable bonds is 0. The van der Waals surface area contributed by atoms with Crippen molar-refractivity contribution in [2.45, 2.75) is 83.7 Å².